The number of alkyl halides is 3. The van der Waals surface area contributed by atoms with Crippen molar-refractivity contribution >= 4 is 5.97 Å². The quantitative estimate of drug-likeness (QED) is 0.715. The van der Waals surface area contributed by atoms with Gasteiger partial charge in [-0.25, -0.2) is 9.48 Å². The maximum Gasteiger partial charge on any atom is 0.419 e. The van der Waals surface area contributed by atoms with E-state index in [0.29, 0.717) is 23.4 Å². The summed E-state index contributed by atoms with van der Waals surface area (Å²) in [5, 5.41) is 4.33. The standard InChI is InChI=1S/C19H21F3N2O4/c1-4-26-16-9-12(6-7-14(16)19(20,21)22)24-15-8-11(3)28-10-13(15)17(23-24)18(25)27-5-2/h6-7,9,11H,4-5,8,10H2,1-3H3. The molecule has 0 saturated heterocycles. The maximum absolute atomic E-state index is 13.2. The fraction of sp³-hybridized carbons (Fsp3) is 0.474. The number of fused-ring (bicyclic) bond motifs is 1. The van der Waals surface area contributed by atoms with Crippen LogP contribution in [0.3, 0.4) is 0 Å². The van der Waals surface area contributed by atoms with Gasteiger partial charge in [-0.05, 0) is 32.9 Å². The lowest BCUT2D eigenvalue weighted by atomic mass is 10.0. The number of nitrogens with zero attached hydrogens (tertiary/aromatic N) is 2. The Morgan fingerprint density at radius 3 is 2.71 bits per heavy atom. The molecule has 0 saturated carbocycles. The van der Waals surface area contributed by atoms with E-state index in [2.05, 4.69) is 5.10 Å². The van der Waals surface area contributed by atoms with Crippen molar-refractivity contribution in [2.24, 2.45) is 0 Å². The summed E-state index contributed by atoms with van der Waals surface area (Å²) in [4.78, 5) is 12.3. The second-order valence-corrected chi connectivity index (χ2v) is 6.34. The van der Waals surface area contributed by atoms with Crippen molar-refractivity contribution in [3.63, 3.8) is 0 Å². The van der Waals surface area contributed by atoms with Gasteiger partial charge >= 0.3 is 12.1 Å². The molecule has 0 amide bonds. The minimum atomic E-state index is -4.54. The van der Waals surface area contributed by atoms with E-state index in [0.717, 1.165) is 6.07 Å². The molecule has 0 fully saturated rings. The Morgan fingerprint density at radius 1 is 1.32 bits per heavy atom. The molecule has 0 spiro atoms. The van der Waals surface area contributed by atoms with Crippen LogP contribution in [0.4, 0.5) is 13.2 Å². The predicted molar refractivity (Wildman–Crippen MR) is 93.6 cm³/mol. The molecule has 0 radical (unpaired) electrons. The molecule has 28 heavy (non-hydrogen) atoms. The Hall–Kier alpha value is -2.55. The van der Waals surface area contributed by atoms with Gasteiger partial charge in [-0.15, -0.1) is 0 Å². The van der Waals surface area contributed by atoms with E-state index in [-0.39, 0.29) is 37.4 Å². The second kappa shape index (κ2) is 7.83. The lowest BCUT2D eigenvalue weighted by molar-refractivity contribution is -0.138. The lowest BCUT2D eigenvalue weighted by Gasteiger charge is -2.21. The zero-order valence-electron chi connectivity index (χ0n) is 15.8. The van der Waals surface area contributed by atoms with E-state index in [9.17, 15) is 18.0 Å². The van der Waals surface area contributed by atoms with Crippen molar-refractivity contribution in [1.29, 1.82) is 0 Å². The monoisotopic (exact) mass is 398 g/mol. The summed E-state index contributed by atoms with van der Waals surface area (Å²) in [6.07, 6.45) is -4.18. The van der Waals surface area contributed by atoms with Crippen LogP contribution in [0.1, 0.15) is 48.1 Å². The molecule has 1 unspecified atom stereocenters. The van der Waals surface area contributed by atoms with Crippen LogP contribution in [0.15, 0.2) is 18.2 Å². The molecule has 2 heterocycles. The summed E-state index contributed by atoms with van der Waals surface area (Å²) in [6.45, 7) is 5.63. The molecule has 1 aromatic carbocycles. The van der Waals surface area contributed by atoms with Gasteiger partial charge in [-0.3, -0.25) is 0 Å². The minimum Gasteiger partial charge on any atom is -0.493 e. The molecule has 1 aliphatic heterocycles. The van der Waals surface area contributed by atoms with Gasteiger partial charge in [0, 0.05) is 18.1 Å². The zero-order chi connectivity index (χ0) is 20.5. The van der Waals surface area contributed by atoms with Crippen molar-refractivity contribution in [3.05, 3.63) is 40.7 Å². The summed E-state index contributed by atoms with van der Waals surface area (Å²) in [6, 6.07) is 3.56. The highest BCUT2D eigenvalue weighted by molar-refractivity contribution is 5.89. The van der Waals surface area contributed by atoms with Gasteiger partial charge in [-0.1, -0.05) is 0 Å². The number of hydrogen-bond donors (Lipinski definition) is 0. The number of carbonyl (C=O) groups is 1. The van der Waals surface area contributed by atoms with Gasteiger partial charge in [0.05, 0.1) is 42.9 Å². The van der Waals surface area contributed by atoms with Gasteiger partial charge in [-0.2, -0.15) is 18.3 Å². The van der Waals surface area contributed by atoms with Crippen LogP contribution in [0.25, 0.3) is 5.69 Å². The Labute approximate surface area is 160 Å². The molecule has 0 bridgehead atoms. The normalized spacial score (nSPS) is 16.6. The van der Waals surface area contributed by atoms with E-state index in [1.807, 2.05) is 6.92 Å². The molecule has 9 heteroatoms. The fourth-order valence-corrected chi connectivity index (χ4v) is 3.13. The molecular weight excluding hydrogens is 377 g/mol. The van der Waals surface area contributed by atoms with Crippen LogP contribution in [-0.2, 0) is 28.7 Å². The van der Waals surface area contributed by atoms with E-state index in [4.69, 9.17) is 14.2 Å². The van der Waals surface area contributed by atoms with Gasteiger partial charge in [0.1, 0.15) is 5.75 Å². The third-order valence-corrected chi connectivity index (χ3v) is 4.37. The molecular formula is C19H21F3N2O4. The Kier molecular flexibility index (Phi) is 5.64. The molecule has 0 aliphatic carbocycles. The van der Waals surface area contributed by atoms with E-state index in [1.165, 1.54) is 16.8 Å². The molecule has 152 valence electrons. The molecule has 2 aromatic rings. The number of hydrogen-bond acceptors (Lipinski definition) is 5. The summed E-state index contributed by atoms with van der Waals surface area (Å²) in [5.41, 5.74) is 0.929. The van der Waals surface area contributed by atoms with E-state index >= 15 is 0 Å². The van der Waals surface area contributed by atoms with Gasteiger partial charge in [0.25, 0.3) is 0 Å². The van der Waals surface area contributed by atoms with Crippen LogP contribution in [0.5, 0.6) is 5.75 Å². The number of ether oxygens (including phenoxy) is 3. The smallest absolute Gasteiger partial charge is 0.419 e. The second-order valence-electron chi connectivity index (χ2n) is 6.34. The van der Waals surface area contributed by atoms with E-state index in [1.54, 1.807) is 13.8 Å². The van der Waals surface area contributed by atoms with Crippen LogP contribution < -0.4 is 4.74 Å². The maximum atomic E-state index is 13.2. The van der Waals surface area contributed by atoms with Crippen molar-refractivity contribution < 1.29 is 32.2 Å². The van der Waals surface area contributed by atoms with Gasteiger partial charge in [0.15, 0.2) is 5.69 Å². The van der Waals surface area contributed by atoms with Crippen molar-refractivity contribution in [3.8, 4) is 11.4 Å². The summed E-state index contributed by atoms with van der Waals surface area (Å²) < 4.78 is 57.1. The van der Waals surface area contributed by atoms with Crippen LogP contribution in [0, 0.1) is 0 Å². The first kappa shape index (κ1) is 20.2. The first-order chi connectivity index (χ1) is 13.3. The van der Waals surface area contributed by atoms with Crippen LogP contribution in [-0.4, -0.2) is 35.1 Å². The highest BCUT2D eigenvalue weighted by Gasteiger charge is 2.35. The molecule has 3 rings (SSSR count). The number of aromatic nitrogens is 2. The van der Waals surface area contributed by atoms with Crippen LogP contribution in [0.2, 0.25) is 0 Å². The van der Waals surface area contributed by atoms with Crippen LogP contribution >= 0.6 is 0 Å². The summed E-state index contributed by atoms with van der Waals surface area (Å²) in [5.74, 6) is -0.873. The number of halogens is 3. The topological polar surface area (TPSA) is 62.6 Å². The Balaban J connectivity index is 2.13. The highest BCUT2D eigenvalue weighted by atomic mass is 19.4. The molecule has 0 N–H and O–H groups in total. The van der Waals surface area contributed by atoms with Crippen molar-refractivity contribution in [2.75, 3.05) is 13.2 Å². The fourth-order valence-electron chi connectivity index (χ4n) is 3.13. The molecule has 6 nitrogen and oxygen atoms in total. The Bertz CT molecular complexity index is 877. The molecule has 1 aromatic heterocycles. The first-order valence-electron chi connectivity index (χ1n) is 9.00. The van der Waals surface area contributed by atoms with Crippen molar-refractivity contribution in [2.45, 2.75) is 46.1 Å². The SMILES string of the molecule is CCOC(=O)c1nn(-c2ccc(C(F)(F)F)c(OCC)c2)c2c1COC(C)C2. The average Bonchev–Trinajstić information content (AvgIpc) is 3.00. The molecule has 1 atom stereocenters. The van der Waals surface area contributed by atoms with Gasteiger partial charge in [0.2, 0.25) is 0 Å². The number of rotatable bonds is 5. The number of carbonyl (C=O) groups excluding carboxylic acids is 1. The average molecular weight is 398 g/mol. The van der Waals surface area contributed by atoms with E-state index < -0.39 is 17.7 Å². The molecule has 1 aliphatic rings. The lowest BCUT2D eigenvalue weighted by Crippen LogP contribution is -2.21. The predicted octanol–water partition coefficient (Wildman–Crippen LogP) is 3.93. The zero-order valence-corrected chi connectivity index (χ0v) is 15.8. The Morgan fingerprint density at radius 2 is 2.07 bits per heavy atom. The summed E-state index contributed by atoms with van der Waals surface area (Å²) >= 11 is 0. The van der Waals surface area contributed by atoms with Gasteiger partial charge < -0.3 is 14.2 Å². The number of benzene rings is 1. The largest absolute Gasteiger partial charge is 0.493 e. The highest BCUT2D eigenvalue weighted by Crippen LogP contribution is 2.38. The minimum absolute atomic E-state index is 0.0860. The number of esters is 1. The third-order valence-electron chi connectivity index (χ3n) is 4.37. The first-order valence-corrected chi connectivity index (χ1v) is 9.00. The van der Waals surface area contributed by atoms with Crippen molar-refractivity contribution in [1.82, 2.24) is 9.78 Å². The summed E-state index contributed by atoms with van der Waals surface area (Å²) in [7, 11) is 0. The third kappa shape index (κ3) is 3.84.